The van der Waals surface area contributed by atoms with Gasteiger partial charge in [0, 0.05) is 5.92 Å². The molecule has 4 saturated heterocycles. The molecule has 8 rings (SSSR count). The van der Waals surface area contributed by atoms with Crippen LogP contribution in [-0.2, 0) is 28.4 Å². The number of rotatable bonds is 4. The smallest absolute Gasteiger partial charge is 0.197 e. The second kappa shape index (κ2) is 13.3. The lowest BCUT2D eigenvalue weighted by Gasteiger charge is -2.63. The molecular weight excluding hydrogens is 664 g/mol. The Bertz CT molecular complexity index is 1270. The predicted molar refractivity (Wildman–Crippen MR) is 178 cm³/mol. The quantitative estimate of drug-likeness (QED) is 0.203. The third-order valence-corrected chi connectivity index (χ3v) is 15.7. The second-order valence-electron chi connectivity index (χ2n) is 18.5. The lowest BCUT2D eigenvalue weighted by molar-refractivity contribution is -0.357. The van der Waals surface area contributed by atoms with E-state index in [0.717, 1.165) is 38.5 Å². The van der Waals surface area contributed by atoms with Gasteiger partial charge < -0.3 is 64.2 Å². The summed E-state index contributed by atoms with van der Waals surface area (Å²) in [5, 5.41) is 75.6. The minimum absolute atomic E-state index is 0.00406. The first kappa shape index (κ1) is 37.4. The molecule has 0 unspecified atom stereocenters. The summed E-state index contributed by atoms with van der Waals surface area (Å²) in [6.45, 7) is 11.1. The number of hydrogen-bond acceptors (Lipinski definition) is 13. The summed E-state index contributed by atoms with van der Waals surface area (Å²) in [5.41, 5.74) is -0.115. The first-order chi connectivity index (χ1) is 24.1. The van der Waals surface area contributed by atoms with Crippen LogP contribution in [-0.4, -0.2) is 134 Å². The molecule has 0 bridgehead atoms. The van der Waals surface area contributed by atoms with Crippen molar-refractivity contribution in [3.05, 3.63) is 0 Å². The summed E-state index contributed by atoms with van der Waals surface area (Å²) >= 11 is 0. The fourth-order valence-corrected chi connectivity index (χ4v) is 13.1. The van der Waals surface area contributed by atoms with Crippen LogP contribution in [0.4, 0.5) is 0 Å². The average Bonchev–Trinajstić information content (AvgIpc) is 3.54. The van der Waals surface area contributed by atoms with Crippen molar-refractivity contribution in [1.82, 2.24) is 0 Å². The fourth-order valence-electron chi connectivity index (χ4n) is 13.1. The first-order valence-corrected chi connectivity index (χ1v) is 19.7. The Labute approximate surface area is 300 Å². The van der Waals surface area contributed by atoms with Crippen molar-refractivity contribution in [3.63, 3.8) is 0 Å². The highest BCUT2D eigenvalue weighted by molar-refractivity contribution is 5.17. The van der Waals surface area contributed by atoms with Crippen LogP contribution in [0.25, 0.3) is 0 Å². The van der Waals surface area contributed by atoms with Gasteiger partial charge >= 0.3 is 0 Å². The van der Waals surface area contributed by atoms with E-state index in [1.165, 1.54) is 0 Å². The third-order valence-electron chi connectivity index (χ3n) is 15.7. The van der Waals surface area contributed by atoms with Gasteiger partial charge in [-0.2, -0.15) is 0 Å². The Balaban J connectivity index is 1.04. The molecule has 23 atom stereocenters. The number of hydrogen-bond donors (Lipinski definition) is 7. The molecule has 4 saturated carbocycles. The molecule has 4 aliphatic carbocycles. The number of aliphatic hydroxyl groups excluding tert-OH is 7. The first-order valence-electron chi connectivity index (χ1n) is 19.7. The van der Waals surface area contributed by atoms with E-state index in [1.54, 1.807) is 6.92 Å². The standard InChI is InChI=1S/C38H62O13/c1-16-10-27(41)38(47-14-16)17(2)28-26(51-38)13-22-20-12-25(23-11-19(39)6-8-36(23,4)21(20)7-9-37(22,28)5)49-35-32(45)33(29(42)18(3)48-35)50-34-31(44)30(43)24(40)15-46-34/h16-35,39-45H,6-15H2,1-5H3/t16-,17-,18+,19-,20+,21-,22-,23+,24+,25-,26-,27+,28-,29+,30-,31+,32+,33-,34-,35-,36+,37-,38+/m0/s1. The van der Waals surface area contributed by atoms with Crippen LogP contribution >= 0.6 is 0 Å². The molecule has 7 N–H and O–H groups in total. The van der Waals surface area contributed by atoms with Crippen LogP contribution < -0.4 is 0 Å². The van der Waals surface area contributed by atoms with E-state index >= 15 is 0 Å². The molecule has 8 fully saturated rings. The zero-order valence-electron chi connectivity index (χ0n) is 30.7. The fraction of sp³-hybridized carbons (Fsp3) is 1.00. The topological polar surface area (TPSA) is 197 Å². The summed E-state index contributed by atoms with van der Waals surface area (Å²) < 4.78 is 37.6. The van der Waals surface area contributed by atoms with Crippen LogP contribution in [0, 0.1) is 52.3 Å². The van der Waals surface area contributed by atoms with Gasteiger partial charge in [0.25, 0.3) is 0 Å². The molecule has 0 aromatic carbocycles. The Hall–Kier alpha value is -0.520. The van der Waals surface area contributed by atoms with Gasteiger partial charge in [0.15, 0.2) is 18.4 Å². The van der Waals surface area contributed by atoms with E-state index in [1.807, 2.05) is 0 Å². The van der Waals surface area contributed by atoms with Crippen molar-refractivity contribution in [2.45, 2.75) is 171 Å². The molecule has 0 aromatic rings. The molecule has 1 spiro atoms. The van der Waals surface area contributed by atoms with E-state index in [4.69, 9.17) is 28.4 Å². The molecule has 0 amide bonds. The van der Waals surface area contributed by atoms with Gasteiger partial charge in [-0.1, -0.05) is 27.7 Å². The zero-order chi connectivity index (χ0) is 36.4. The van der Waals surface area contributed by atoms with Crippen molar-refractivity contribution >= 4 is 0 Å². The maximum absolute atomic E-state index is 11.6. The summed E-state index contributed by atoms with van der Waals surface area (Å²) in [5.74, 6) is 0.780. The molecule has 51 heavy (non-hydrogen) atoms. The van der Waals surface area contributed by atoms with Gasteiger partial charge in [-0.3, -0.25) is 0 Å². The Kier molecular flexibility index (Phi) is 9.76. The van der Waals surface area contributed by atoms with Crippen LogP contribution in [0.15, 0.2) is 0 Å². The summed E-state index contributed by atoms with van der Waals surface area (Å²) in [7, 11) is 0. The maximum Gasteiger partial charge on any atom is 0.197 e. The predicted octanol–water partition coefficient (Wildman–Crippen LogP) is 1.05. The van der Waals surface area contributed by atoms with Crippen molar-refractivity contribution in [3.8, 4) is 0 Å². The van der Waals surface area contributed by atoms with Crippen LogP contribution in [0.5, 0.6) is 0 Å². The lowest BCUT2D eigenvalue weighted by atomic mass is 9.43. The molecule has 0 radical (unpaired) electrons. The molecule has 292 valence electrons. The van der Waals surface area contributed by atoms with Gasteiger partial charge in [0.1, 0.15) is 42.7 Å². The van der Waals surface area contributed by atoms with Crippen molar-refractivity contribution < 1.29 is 64.2 Å². The average molecular weight is 727 g/mol. The Morgan fingerprint density at radius 3 is 2.18 bits per heavy atom. The van der Waals surface area contributed by atoms with Crippen LogP contribution in [0.1, 0.15) is 86.0 Å². The van der Waals surface area contributed by atoms with Crippen LogP contribution in [0.3, 0.4) is 0 Å². The van der Waals surface area contributed by atoms with E-state index in [9.17, 15) is 35.7 Å². The molecule has 8 aliphatic rings. The highest BCUT2D eigenvalue weighted by atomic mass is 16.7. The van der Waals surface area contributed by atoms with Gasteiger partial charge in [0.2, 0.25) is 0 Å². The Morgan fingerprint density at radius 1 is 0.686 bits per heavy atom. The molecule has 4 heterocycles. The van der Waals surface area contributed by atoms with Crippen molar-refractivity contribution in [1.29, 1.82) is 0 Å². The Morgan fingerprint density at radius 2 is 1.43 bits per heavy atom. The monoisotopic (exact) mass is 726 g/mol. The molecule has 0 aromatic heterocycles. The number of aliphatic hydroxyl groups is 7. The van der Waals surface area contributed by atoms with Gasteiger partial charge in [-0.15, -0.1) is 0 Å². The minimum Gasteiger partial charge on any atom is -0.393 e. The molecule has 13 nitrogen and oxygen atoms in total. The summed E-state index contributed by atoms with van der Waals surface area (Å²) in [6, 6.07) is 0. The SMILES string of the molecule is C[C@@H]1CO[C@]2(O[C@H]3C[C@H]4[C@@H]5C[C@H](O[C@@H]6O[C@H](C)[C@@H](O)[C@H](O[C@@H]7OC[C@@H](O)[C@H](O)[C@H]7O)[C@H]6O)[C@H]6C[C@@H](O)CC[C@]6(C)[C@H]5CC[C@]4(C)[C@H]3[C@@H]2C)[C@H](O)C1. The molecule has 13 heteroatoms. The number of fused-ring (bicyclic) bond motifs is 7. The summed E-state index contributed by atoms with van der Waals surface area (Å²) in [6.07, 6.45) is -6.52. The largest absolute Gasteiger partial charge is 0.393 e. The van der Waals surface area contributed by atoms with Gasteiger partial charge in [0.05, 0.1) is 37.6 Å². The summed E-state index contributed by atoms with van der Waals surface area (Å²) in [4.78, 5) is 0. The zero-order valence-corrected chi connectivity index (χ0v) is 30.7. The number of ether oxygens (including phenoxy) is 6. The lowest BCUT2D eigenvalue weighted by Crippen LogP contribution is -2.64. The van der Waals surface area contributed by atoms with E-state index in [2.05, 4.69) is 27.7 Å². The second-order valence-corrected chi connectivity index (χ2v) is 18.5. The normalized spacial score (nSPS) is 61.4. The maximum atomic E-state index is 11.6. The van der Waals surface area contributed by atoms with E-state index in [-0.39, 0.29) is 53.3 Å². The van der Waals surface area contributed by atoms with Crippen molar-refractivity contribution in [2.24, 2.45) is 52.3 Å². The van der Waals surface area contributed by atoms with Gasteiger partial charge in [-0.05, 0) is 105 Å². The minimum atomic E-state index is -1.59. The van der Waals surface area contributed by atoms with Gasteiger partial charge in [-0.25, -0.2) is 0 Å². The third kappa shape index (κ3) is 5.73. The van der Waals surface area contributed by atoms with E-state index < -0.39 is 73.3 Å². The van der Waals surface area contributed by atoms with Crippen LogP contribution in [0.2, 0.25) is 0 Å². The highest BCUT2D eigenvalue weighted by Crippen LogP contribution is 2.71. The molecule has 4 aliphatic heterocycles. The van der Waals surface area contributed by atoms with Crippen molar-refractivity contribution in [2.75, 3.05) is 13.2 Å². The highest BCUT2D eigenvalue weighted by Gasteiger charge is 2.71. The van der Waals surface area contributed by atoms with E-state index in [0.29, 0.717) is 37.2 Å². The molecular formula is C38H62O13.